The van der Waals surface area contributed by atoms with Crippen LogP contribution in [0.1, 0.15) is 56.5 Å². The highest BCUT2D eigenvalue weighted by Gasteiger charge is 2.37. The summed E-state index contributed by atoms with van der Waals surface area (Å²) in [6, 6.07) is 11.9. The van der Waals surface area contributed by atoms with Gasteiger partial charge in [-0.3, -0.25) is 9.78 Å². The predicted octanol–water partition coefficient (Wildman–Crippen LogP) is 4.93. The minimum absolute atomic E-state index is 0.146. The lowest BCUT2D eigenvalue weighted by Gasteiger charge is -2.34. The summed E-state index contributed by atoms with van der Waals surface area (Å²) in [5.74, 6) is 2.22. The summed E-state index contributed by atoms with van der Waals surface area (Å²) in [5.41, 5.74) is 9.93. The number of rotatable bonds is 7. The number of H-pyrrole nitrogens is 1. The number of aryl methyl sites for hydroxylation is 2. The Labute approximate surface area is 193 Å². The highest BCUT2D eigenvalue weighted by atomic mass is 16.7. The Morgan fingerprint density at radius 1 is 1.09 bits per heavy atom. The van der Waals surface area contributed by atoms with E-state index < -0.39 is 0 Å². The van der Waals surface area contributed by atoms with Gasteiger partial charge in [-0.25, -0.2) is 4.98 Å². The van der Waals surface area contributed by atoms with Gasteiger partial charge in [0.15, 0.2) is 11.5 Å². The molecule has 1 saturated carbocycles. The third kappa shape index (κ3) is 4.32. The highest BCUT2D eigenvalue weighted by molar-refractivity contribution is 5.81. The number of aromatic nitrogens is 3. The SMILES string of the molecule is Cc1cccc(-c2nc(CCCC3(C(N)=O)CCCCC3)[nH]c2-c2ccc3c(c2)OCO3)n1. The summed E-state index contributed by atoms with van der Waals surface area (Å²) in [5, 5.41) is 0. The van der Waals surface area contributed by atoms with Crippen molar-refractivity contribution in [2.75, 3.05) is 6.79 Å². The van der Waals surface area contributed by atoms with Crippen LogP contribution in [0.5, 0.6) is 11.5 Å². The number of pyridine rings is 1. The number of carbonyl (C=O) groups is 1. The monoisotopic (exact) mass is 446 g/mol. The molecule has 1 aliphatic heterocycles. The van der Waals surface area contributed by atoms with E-state index in [4.69, 9.17) is 25.2 Å². The summed E-state index contributed by atoms with van der Waals surface area (Å²) < 4.78 is 11.0. The average Bonchev–Trinajstić information content (AvgIpc) is 3.46. The molecule has 0 unspecified atom stereocenters. The Hall–Kier alpha value is -3.35. The molecule has 3 aromatic rings. The topological polar surface area (TPSA) is 103 Å². The minimum Gasteiger partial charge on any atom is -0.454 e. The van der Waals surface area contributed by atoms with Crippen LogP contribution < -0.4 is 15.2 Å². The van der Waals surface area contributed by atoms with Gasteiger partial charge in [0.1, 0.15) is 11.5 Å². The number of carbonyl (C=O) groups excluding carboxylic acids is 1. The second kappa shape index (κ2) is 8.89. The molecule has 0 saturated heterocycles. The first-order valence-electron chi connectivity index (χ1n) is 11.8. The van der Waals surface area contributed by atoms with Gasteiger partial charge in [-0.05, 0) is 62.9 Å². The van der Waals surface area contributed by atoms with Crippen LogP contribution >= 0.6 is 0 Å². The van der Waals surface area contributed by atoms with Crippen LogP contribution in [0, 0.1) is 12.3 Å². The summed E-state index contributed by atoms with van der Waals surface area (Å²) in [6.45, 7) is 2.21. The number of aromatic amines is 1. The summed E-state index contributed by atoms with van der Waals surface area (Å²) in [7, 11) is 0. The van der Waals surface area contributed by atoms with Crippen LogP contribution in [0.4, 0.5) is 0 Å². The second-order valence-corrected chi connectivity index (χ2v) is 9.20. The molecule has 1 aliphatic carbocycles. The molecular weight excluding hydrogens is 416 g/mol. The van der Waals surface area contributed by atoms with Crippen LogP contribution in [0.3, 0.4) is 0 Å². The zero-order chi connectivity index (χ0) is 22.8. The number of hydrogen-bond acceptors (Lipinski definition) is 5. The Morgan fingerprint density at radius 3 is 2.70 bits per heavy atom. The molecule has 1 aromatic carbocycles. The van der Waals surface area contributed by atoms with Gasteiger partial charge >= 0.3 is 0 Å². The van der Waals surface area contributed by atoms with E-state index in [1.165, 1.54) is 6.42 Å². The Bertz CT molecular complexity index is 1160. The standard InChI is InChI=1S/C26H30N4O3/c1-17-7-5-8-19(28-17)24-23(18-10-11-20-21(15-18)33-16-32-20)29-22(30-24)9-6-14-26(25(27)31)12-3-2-4-13-26/h5,7-8,10-11,15H,2-4,6,9,12-14,16H2,1H3,(H2,27,31)(H,29,30). The molecule has 33 heavy (non-hydrogen) atoms. The normalized spacial score (nSPS) is 16.6. The molecule has 0 spiro atoms. The number of amides is 1. The lowest BCUT2D eigenvalue weighted by molar-refractivity contribution is -0.130. The van der Waals surface area contributed by atoms with Gasteiger partial charge in [0.05, 0.1) is 11.4 Å². The molecule has 1 fully saturated rings. The van der Waals surface area contributed by atoms with E-state index in [1.54, 1.807) is 0 Å². The molecule has 3 N–H and O–H groups in total. The maximum Gasteiger partial charge on any atom is 0.231 e. The first-order chi connectivity index (χ1) is 16.0. The van der Waals surface area contributed by atoms with E-state index in [9.17, 15) is 4.79 Å². The fraction of sp³-hybridized carbons (Fsp3) is 0.423. The second-order valence-electron chi connectivity index (χ2n) is 9.20. The van der Waals surface area contributed by atoms with Gasteiger partial charge in [0.2, 0.25) is 12.7 Å². The third-order valence-corrected chi connectivity index (χ3v) is 6.95. The average molecular weight is 447 g/mol. The molecule has 7 nitrogen and oxygen atoms in total. The molecule has 7 heteroatoms. The van der Waals surface area contributed by atoms with Crippen LogP contribution in [0.2, 0.25) is 0 Å². The van der Waals surface area contributed by atoms with Gasteiger partial charge in [-0.1, -0.05) is 25.3 Å². The van der Waals surface area contributed by atoms with Crippen LogP contribution in [-0.2, 0) is 11.2 Å². The minimum atomic E-state index is -0.355. The summed E-state index contributed by atoms with van der Waals surface area (Å²) >= 11 is 0. The van der Waals surface area contributed by atoms with E-state index in [0.29, 0.717) is 0 Å². The quantitative estimate of drug-likeness (QED) is 0.535. The van der Waals surface area contributed by atoms with Crippen molar-refractivity contribution in [2.24, 2.45) is 11.1 Å². The summed E-state index contributed by atoms with van der Waals surface area (Å²) in [4.78, 5) is 25.4. The number of nitrogens with one attached hydrogen (secondary N) is 1. The zero-order valence-electron chi connectivity index (χ0n) is 19.0. The molecule has 0 bridgehead atoms. The van der Waals surface area contributed by atoms with Crippen molar-refractivity contribution in [1.29, 1.82) is 0 Å². The number of ether oxygens (including phenoxy) is 2. The fourth-order valence-corrected chi connectivity index (χ4v) is 5.10. The molecule has 172 valence electrons. The largest absolute Gasteiger partial charge is 0.454 e. The van der Waals surface area contributed by atoms with Crippen LogP contribution in [0.25, 0.3) is 22.6 Å². The third-order valence-electron chi connectivity index (χ3n) is 6.95. The van der Waals surface area contributed by atoms with Gasteiger partial charge in [0, 0.05) is 23.1 Å². The van der Waals surface area contributed by atoms with Crippen molar-refractivity contribution < 1.29 is 14.3 Å². The lowest BCUT2D eigenvalue weighted by atomic mass is 9.70. The molecular formula is C26H30N4O3. The van der Waals surface area contributed by atoms with E-state index >= 15 is 0 Å². The highest BCUT2D eigenvalue weighted by Crippen LogP contribution is 2.41. The molecule has 3 heterocycles. The lowest BCUT2D eigenvalue weighted by Crippen LogP contribution is -2.38. The smallest absolute Gasteiger partial charge is 0.231 e. The van der Waals surface area contributed by atoms with Crippen molar-refractivity contribution in [3.8, 4) is 34.1 Å². The molecule has 2 aromatic heterocycles. The number of nitrogens with zero attached hydrogens (tertiary/aromatic N) is 2. The first kappa shape index (κ1) is 21.5. The van der Waals surface area contributed by atoms with Gasteiger partial charge in [-0.2, -0.15) is 0 Å². The number of benzene rings is 1. The van der Waals surface area contributed by atoms with Gasteiger partial charge in [-0.15, -0.1) is 0 Å². The number of nitrogens with two attached hydrogens (primary N) is 1. The van der Waals surface area contributed by atoms with Crippen molar-refractivity contribution in [3.63, 3.8) is 0 Å². The van der Waals surface area contributed by atoms with E-state index in [0.717, 1.165) is 90.6 Å². The Morgan fingerprint density at radius 2 is 1.91 bits per heavy atom. The molecule has 1 amide bonds. The van der Waals surface area contributed by atoms with Crippen molar-refractivity contribution in [3.05, 3.63) is 47.9 Å². The van der Waals surface area contributed by atoms with Crippen LogP contribution in [-0.4, -0.2) is 27.7 Å². The van der Waals surface area contributed by atoms with Crippen molar-refractivity contribution in [2.45, 2.75) is 58.3 Å². The number of hydrogen-bond donors (Lipinski definition) is 2. The Kier molecular flexibility index (Phi) is 5.79. The summed E-state index contributed by atoms with van der Waals surface area (Å²) in [6.07, 6.45) is 7.58. The van der Waals surface area contributed by atoms with Crippen LogP contribution in [0.15, 0.2) is 36.4 Å². The van der Waals surface area contributed by atoms with Crippen molar-refractivity contribution >= 4 is 5.91 Å². The predicted molar refractivity (Wildman–Crippen MR) is 126 cm³/mol. The van der Waals surface area contributed by atoms with E-state index in [-0.39, 0.29) is 18.1 Å². The zero-order valence-corrected chi connectivity index (χ0v) is 19.0. The maximum absolute atomic E-state index is 12.2. The fourth-order valence-electron chi connectivity index (χ4n) is 5.10. The molecule has 0 radical (unpaired) electrons. The maximum atomic E-state index is 12.2. The number of fused-ring (bicyclic) bond motifs is 1. The number of primary amides is 1. The van der Waals surface area contributed by atoms with Gasteiger partial charge < -0.3 is 20.2 Å². The number of imidazole rings is 1. The Balaban J connectivity index is 1.43. The van der Waals surface area contributed by atoms with Gasteiger partial charge in [0.25, 0.3) is 0 Å². The van der Waals surface area contributed by atoms with Crippen molar-refractivity contribution in [1.82, 2.24) is 15.0 Å². The van der Waals surface area contributed by atoms with E-state index in [1.807, 2.05) is 43.3 Å². The van der Waals surface area contributed by atoms with E-state index in [2.05, 4.69) is 4.98 Å². The molecule has 5 rings (SSSR count). The molecule has 0 atom stereocenters. The molecule has 2 aliphatic rings. The first-order valence-corrected chi connectivity index (χ1v) is 11.8.